The van der Waals surface area contributed by atoms with E-state index in [0.717, 1.165) is 12.0 Å². The number of amides is 1. The first-order chi connectivity index (χ1) is 12.6. The summed E-state index contributed by atoms with van der Waals surface area (Å²) in [6.45, 7) is 0.582. The van der Waals surface area contributed by atoms with Crippen LogP contribution in [-0.2, 0) is 6.42 Å². The van der Waals surface area contributed by atoms with Gasteiger partial charge in [0.25, 0.3) is 5.91 Å². The van der Waals surface area contributed by atoms with Gasteiger partial charge in [0.15, 0.2) is 0 Å². The fourth-order valence-corrected chi connectivity index (χ4v) is 2.33. The molecule has 3 rings (SSSR count). The molecule has 0 bridgehead atoms. The molecule has 0 unspecified atom stereocenters. The molecule has 0 saturated carbocycles. The summed E-state index contributed by atoms with van der Waals surface area (Å²) in [7, 11) is 1.74. The van der Waals surface area contributed by atoms with E-state index in [9.17, 15) is 9.18 Å². The van der Waals surface area contributed by atoms with Gasteiger partial charge in [0.2, 0.25) is 5.95 Å². The maximum absolute atomic E-state index is 12.9. The number of hydrogen-bond donors (Lipinski definition) is 1. The van der Waals surface area contributed by atoms with Crippen LogP contribution in [0.1, 0.15) is 15.9 Å². The minimum absolute atomic E-state index is 0.146. The van der Waals surface area contributed by atoms with Gasteiger partial charge in [-0.1, -0.05) is 0 Å². The Labute approximate surface area is 150 Å². The zero-order chi connectivity index (χ0) is 18.4. The second-order valence-electron chi connectivity index (χ2n) is 5.76. The van der Waals surface area contributed by atoms with Crippen molar-refractivity contribution in [2.45, 2.75) is 6.42 Å². The van der Waals surface area contributed by atoms with Crippen LogP contribution >= 0.6 is 0 Å². The Kier molecular flexibility index (Phi) is 5.48. The summed E-state index contributed by atoms with van der Waals surface area (Å²) >= 11 is 0. The Morgan fingerprint density at radius 1 is 1.08 bits per heavy atom. The molecule has 2 aromatic heterocycles. The lowest BCUT2D eigenvalue weighted by Gasteiger charge is -2.17. The third kappa shape index (κ3) is 4.60. The van der Waals surface area contributed by atoms with Crippen LogP contribution in [0.25, 0.3) is 0 Å². The summed E-state index contributed by atoms with van der Waals surface area (Å²) < 4.78 is 12.9. The van der Waals surface area contributed by atoms with Gasteiger partial charge in [0, 0.05) is 44.1 Å². The second kappa shape index (κ2) is 8.15. The largest absolute Gasteiger partial charge is 0.341 e. The highest BCUT2D eigenvalue weighted by molar-refractivity contribution is 5.93. The molecular weight excluding hydrogens is 333 g/mol. The van der Waals surface area contributed by atoms with Crippen molar-refractivity contribution in [3.8, 4) is 0 Å². The van der Waals surface area contributed by atoms with Crippen LogP contribution in [0.5, 0.6) is 0 Å². The van der Waals surface area contributed by atoms with Crippen molar-refractivity contribution in [3.05, 3.63) is 78.1 Å². The van der Waals surface area contributed by atoms with Crippen LogP contribution in [0.3, 0.4) is 0 Å². The summed E-state index contributed by atoms with van der Waals surface area (Å²) in [5.41, 5.74) is 2.20. The number of rotatable bonds is 6. The first-order valence-electron chi connectivity index (χ1n) is 8.11. The summed E-state index contributed by atoms with van der Waals surface area (Å²) in [6, 6.07) is 9.72. The molecule has 1 N–H and O–H groups in total. The number of nitrogens with one attached hydrogen (secondary N) is 1. The van der Waals surface area contributed by atoms with E-state index in [0.29, 0.717) is 23.7 Å². The topological polar surface area (TPSA) is 71.0 Å². The lowest BCUT2D eigenvalue weighted by atomic mass is 10.2. The smallest absolute Gasteiger partial charge is 0.256 e. The lowest BCUT2D eigenvalue weighted by molar-refractivity contribution is 0.0796. The molecule has 0 radical (unpaired) electrons. The fraction of sp³-hybridized carbons (Fsp3) is 0.158. The number of benzene rings is 1. The zero-order valence-corrected chi connectivity index (χ0v) is 14.3. The highest BCUT2D eigenvalue weighted by Gasteiger charge is 2.13. The molecule has 1 amide bonds. The molecule has 1 aromatic carbocycles. The average molecular weight is 351 g/mol. The third-order valence-corrected chi connectivity index (χ3v) is 3.83. The molecule has 26 heavy (non-hydrogen) atoms. The van der Waals surface area contributed by atoms with Crippen LogP contribution in [0.4, 0.5) is 16.0 Å². The third-order valence-electron chi connectivity index (χ3n) is 3.83. The van der Waals surface area contributed by atoms with E-state index >= 15 is 0 Å². The summed E-state index contributed by atoms with van der Waals surface area (Å²) in [6.07, 6.45) is 7.17. The SMILES string of the molecule is CN(CCc1ccncc1)C(=O)c1cnc(Nc2ccc(F)cc2)nc1. The Bertz CT molecular complexity index is 853. The van der Waals surface area contributed by atoms with Crippen LogP contribution < -0.4 is 5.32 Å². The molecule has 7 heteroatoms. The van der Waals surface area contributed by atoms with E-state index in [4.69, 9.17) is 0 Å². The first kappa shape index (κ1) is 17.5. The van der Waals surface area contributed by atoms with Crippen molar-refractivity contribution < 1.29 is 9.18 Å². The first-order valence-corrected chi connectivity index (χ1v) is 8.11. The molecule has 0 atom stereocenters. The molecule has 0 aliphatic heterocycles. The van der Waals surface area contributed by atoms with Crippen molar-refractivity contribution in [1.29, 1.82) is 0 Å². The van der Waals surface area contributed by atoms with Crippen molar-refractivity contribution in [3.63, 3.8) is 0 Å². The van der Waals surface area contributed by atoms with Crippen molar-refractivity contribution in [2.24, 2.45) is 0 Å². The molecule has 0 spiro atoms. The minimum Gasteiger partial charge on any atom is -0.341 e. The van der Waals surface area contributed by atoms with Gasteiger partial charge in [-0.15, -0.1) is 0 Å². The molecule has 6 nitrogen and oxygen atoms in total. The average Bonchev–Trinajstić information content (AvgIpc) is 2.69. The molecule has 0 saturated heterocycles. The van der Waals surface area contributed by atoms with Gasteiger partial charge in [-0.25, -0.2) is 14.4 Å². The molecule has 2 heterocycles. The maximum Gasteiger partial charge on any atom is 0.256 e. The number of carbonyl (C=O) groups excluding carboxylic acids is 1. The second-order valence-corrected chi connectivity index (χ2v) is 5.76. The lowest BCUT2D eigenvalue weighted by Crippen LogP contribution is -2.29. The van der Waals surface area contributed by atoms with E-state index < -0.39 is 0 Å². The van der Waals surface area contributed by atoms with Crippen LogP contribution in [0, 0.1) is 5.82 Å². The maximum atomic E-state index is 12.9. The van der Waals surface area contributed by atoms with Crippen LogP contribution in [-0.4, -0.2) is 39.4 Å². The van der Waals surface area contributed by atoms with E-state index in [1.54, 1.807) is 36.5 Å². The van der Waals surface area contributed by atoms with Gasteiger partial charge < -0.3 is 10.2 Å². The monoisotopic (exact) mass is 351 g/mol. The van der Waals surface area contributed by atoms with Crippen LogP contribution in [0.2, 0.25) is 0 Å². The number of carbonyl (C=O) groups is 1. The predicted molar refractivity (Wildman–Crippen MR) is 96.6 cm³/mol. The van der Waals surface area contributed by atoms with Crippen molar-refractivity contribution in [2.75, 3.05) is 18.9 Å². The fourth-order valence-electron chi connectivity index (χ4n) is 2.33. The van der Waals surface area contributed by atoms with Crippen LogP contribution in [0.15, 0.2) is 61.2 Å². The Morgan fingerprint density at radius 2 is 1.73 bits per heavy atom. The minimum atomic E-state index is -0.313. The van der Waals surface area contributed by atoms with E-state index in [1.807, 2.05) is 12.1 Å². The van der Waals surface area contributed by atoms with Gasteiger partial charge in [-0.2, -0.15) is 0 Å². The molecular formula is C19H18FN5O. The predicted octanol–water partition coefficient (Wildman–Crippen LogP) is 3.07. The highest BCUT2D eigenvalue weighted by Crippen LogP contribution is 2.13. The number of nitrogens with zero attached hydrogens (tertiary/aromatic N) is 4. The quantitative estimate of drug-likeness (QED) is 0.739. The number of anilines is 2. The van der Waals surface area contributed by atoms with Gasteiger partial charge >= 0.3 is 0 Å². The Morgan fingerprint density at radius 3 is 2.38 bits per heavy atom. The number of hydrogen-bond acceptors (Lipinski definition) is 5. The van der Waals surface area contributed by atoms with Crippen molar-refractivity contribution in [1.82, 2.24) is 19.9 Å². The number of likely N-dealkylation sites (N-methyl/N-ethyl adjacent to an activating group) is 1. The Balaban J connectivity index is 1.58. The molecule has 3 aromatic rings. The highest BCUT2D eigenvalue weighted by atomic mass is 19.1. The van der Waals surface area contributed by atoms with Gasteiger partial charge in [-0.3, -0.25) is 9.78 Å². The van der Waals surface area contributed by atoms with E-state index in [1.165, 1.54) is 24.5 Å². The normalized spacial score (nSPS) is 10.4. The van der Waals surface area contributed by atoms with E-state index in [-0.39, 0.29) is 11.7 Å². The van der Waals surface area contributed by atoms with E-state index in [2.05, 4.69) is 20.3 Å². The Hall–Kier alpha value is -3.35. The summed E-state index contributed by atoms with van der Waals surface area (Å²) in [5.74, 6) is -0.118. The number of pyridine rings is 1. The summed E-state index contributed by atoms with van der Waals surface area (Å²) in [5, 5.41) is 2.95. The summed E-state index contributed by atoms with van der Waals surface area (Å²) in [4.78, 5) is 26.3. The van der Waals surface area contributed by atoms with Gasteiger partial charge in [-0.05, 0) is 48.4 Å². The molecule has 132 valence electrons. The molecule has 0 aliphatic rings. The van der Waals surface area contributed by atoms with Gasteiger partial charge in [0.05, 0.1) is 5.56 Å². The number of aromatic nitrogens is 3. The molecule has 0 fully saturated rings. The molecule has 0 aliphatic carbocycles. The zero-order valence-electron chi connectivity index (χ0n) is 14.3. The number of halogens is 1. The van der Waals surface area contributed by atoms with Crippen molar-refractivity contribution >= 4 is 17.5 Å². The standard InChI is InChI=1S/C19H18FN5O/c1-25(11-8-14-6-9-21-10-7-14)18(26)15-12-22-19(23-13-15)24-17-4-2-16(20)3-5-17/h2-7,9-10,12-13H,8,11H2,1H3,(H,22,23,24). The van der Waals surface area contributed by atoms with Gasteiger partial charge in [0.1, 0.15) is 5.82 Å².